The van der Waals surface area contributed by atoms with Crippen LogP contribution in [0, 0.1) is 5.82 Å². The highest BCUT2D eigenvalue weighted by molar-refractivity contribution is 5.94. The molecule has 1 saturated heterocycles. The number of halogens is 1. The van der Waals surface area contributed by atoms with E-state index in [1.165, 1.54) is 18.4 Å². The van der Waals surface area contributed by atoms with Crippen LogP contribution in [-0.2, 0) is 19.1 Å². The largest absolute Gasteiger partial charge is 0.462 e. The van der Waals surface area contributed by atoms with Crippen LogP contribution >= 0.6 is 0 Å². The second-order valence-electron chi connectivity index (χ2n) is 6.69. The van der Waals surface area contributed by atoms with E-state index < -0.39 is 29.2 Å². The van der Waals surface area contributed by atoms with E-state index in [1.807, 2.05) is 4.90 Å². The van der Waals surface area contributed by atoms with E-state index in [1.54, 1.807) is 19.9 Å². The highest BCUT2D eigenvalue weighted by Gasteiger charge is 2.58. The van der Waals surface area contributed by atoms with Crippen LogP contribution in [0.4, 0.5) is 10.1 Å². The summed E-state index contributed by atoms with van der Waals surface area (Å²) >= 11 is 0. The molecular weight excluding hydrogens is 343 g/mol. The molecule has 0 amide bonds. The van der Waals surface area contributed by atoms with Crippen LogP contribution in [-0.4, -0.2) is 36.5 Å². The van der Waals surface area contributed by atoms with Gasteiger partial charge in [-0.25, -0.2) is 19.3 Å². The average Bonchev–Trinajstić information content (AvgIpc) is 2.97. The van der Waals surface area contributed by atoms with Crippen molar-refractivity contribution in [3.63, 3.8) is 0 Å². The van der Waals surface area contributed by atoms with Gasteiger partial charge in [-0.2, -0.15) is 0 Å². The molecule has 2 aliphatic heterocycles. The Morgan fingerprint density at radius 1 is 1.15 bits per heavy atom. The Balaban J connectivity index is 1.84. The number of hydrogen-bond acceptors (Lipinski definition) is 7. The summed E-state index contributed by atoms with van der Waals surface area (Å²) in [4.78, 5) is 25.8. The van der Waals surface area contributed by atoms with Crippen LogP contribution in [0.15, 0.2) is 41.0 Å². The lowest BCUT2D eigenvalue weighted by molar-refractivity contribution is -0.260. The molecule has 4 rings (SSSR count). The number of anilines is 1. The summed E-state index contributed by atoms with van der Waals surface area (Å²) in [6, 6.07) is 4.40. The number of furan rings is 1. The van der Waals surface area contributed by atoms with Crippen molar-refractivity contribution in [2.75, 3.05) is 18.0 Å². The third-order valence-corrected chi connectivity index (χ3v) is 4.80. The zero-order valence-corrected chi connectivity index (χ0v) is 14.2. The number of rotatable bonds is 1. The fraction of sp³-hybridized carbons (Fsp3) is 0.333. The first-order valence-corrected chi connectivity index (χ1v) is 8.16. The summed E-state index contributed by atoms with van der Waals surface area (Å²) < 4.78 is 30.6. The molecule has 26 heavy (non-hydrogen) atoms. The predicted octanol–water partition coefficient (Wildman–Crippen LogP) is 2.07. The first-order chi connectivity index (χ1) is 12.3. The van der Waals surface area contributed by atoms with E-state index in [0.29, 0.717) is 29.7 Å². The number of nitrogens with one attached hydrogen (secondary N) is 1. The molecule has 8 heteroatoms. The highest BCUT2D eigenvalue weighted by Crippen LogP contribution is 2.41. The number of nitrogens with zero attached hydrogens (tertiary/aromatic N) is 1. The molecular formula is C18H17FN2O5. The molecule has 0 unspecified atom stereocenters. The molecule has 7 nitrogen and oxygen atoms in total. The minimum atomic E-state index is -1.73. The number of ether oxygens (including phenoxy) is 2. The van der Waals surface area contributed by atoms with Gasteiger partial charge in [-0.05, 0) is 26.0 Å². The monoisotopic (exact) mass is 360 g/mol. The Kier molecular flexibility index (Phi) is 3.55. The van der Waals surface area contributed by atoms with Gasteiger partial charge < -0.3 is 18.8 Å². The normalized spacial score (nSPS) is 21.6. The van der Waals surface area contributed by atoms with Crippen molar-refractivity contribution in [3.05, 3.63) is 42.4 Å². The number of carbonyl (C=O) groups is 2. The minimum Gasteiger partial charge on any atom is -0.462 e. The standard InChI is InChI=1S/C18H17FN2O5/c1-17(2)18(25-14(22)3-4-15(23)26-18)20-6-7-21(17)13-10-12(19)9-11-5-8-24-16(11)13/h3-5,8-10,20H,6-7H2,1-2H3. The van der Waals surface area contributed by atoms with Crippen molar-refractivity contribution in [1.82, 2.24) is 5.32 Å². The lowest BCUT2D eigenvalue weighted by Gasteiger charge is -2.53. The summed E-state index contributed by atoms with van der Waals surface area (Å²) in [5.74, 6) is -3.57. The molecule has 0 saturated carbocycles. The number of fused-ring (bicyclic) bond motifs is 1. The quantitative estimate of drug-likeness (QED) is 0.780. The maximum atomic E-state index is 14.1. The fourth-order valence-electron chi connectivity index (χ4n) is 3.49. The maximum Gasteiger partial charge on any atom is 0.342 e. The summed E-state index contributed by atoms with van der Waals surface area (Å²) in [7, 11) is 0. The van der Waals surface area contributed by atoms with Gasteiger partial charge in [0, 0.05) is 36.7 Å². The summed E-state index contributed by atoms with van der Waals surface area (Å²) in [6.07, 6.45) is 3.51. The number of carbonyl (C=O) groups excluding carboxylic acids is 2. The lowest BCUT2D eigenvalue weighted by Crippen LogP contribution is -2.75. The van der Waals surface area contributed by atoms with Crippen LogP contribution in [0.25, 0.3) is 11.0 Å². The molecule has 0 atom stereocenters. The molecule has 1 N–H and O–H groups in total. The van der Waals surface area contributed by atoms with Gasteiger partial charge in [0.15, 0.2) is 5.58 Å². The number of esters is 2. The van der Waals surface area contributed by atoms with Crippen molar-refractivity contribution in [2.24, 2.45) is 0 Å². The second-order valence-corrected chi connectivity index (χ2v) is 6.69. The van der Waals surface area contributed by atoms with Crippen LogP contribution in [0.3, 0.4) is 0 Å². The first kappa shape index (κ1) is 16.6. The van der Waals surface area contributed by atoms with Crippen molar-refractivity contribution < 1.29 is 27.9 Å². The molecule has 0 bridgehead atoms. The molecule has 1 fully saturated rings. The van der Waals surface area contributed by atoms with Gasteiger partial charge in [-0.3, -0.25) is 0 Å². The maximum absolute atomic E-state index is 14.1. The molecule has 0 radical (unpaired) electrons. The molecule has 2 aliphatic rings. The van der Waals surface area contributed by atoms with E-state index >= 15 is 0 Å². The SMILES string of the molecule is CC1(C)N(c2cc(F)cc3ccoc23)CCNC12OC(=O)C=CC(=O)O2. The lowest BCUT2D eigenvalue weighted by atomic mass is 9.92. The van der Waals surface area contributed by atoms with E-state index in [0.717, 1.165) is 12.2 Å². The Morgan fingerprint density at radius 2 is 1.85 bits per heavy atom. The van der Waals surface area contributed by atoms with Crippen LogP contribution in [0.1, 0.15) is 13.8 Å². The van der Waals surface area contributed by atoms with E-state index in [2.05, 4.69) is 5.32 Å². The van der Waals surface area contributed by atoms with Gasteiger partial charge in [0.25, 0.3) is 0 Å². The molecule has 0 aliphatic carbocycles. The Morgan fingerprint density at radius 3 is 2.54 bits per heavy atom. The zero-order valence-electron chi connectivity index (χ0n) is 14.2. The summed E-state index contributed by atoms with van der Waals surface area (Å²) in [5, 5.41) is 3.60. The van der Waals surface area contributed by atoms with E-state index in [-0.39, 0.29) is 0 Å². The van der Waals surface area contributed by atoms with E-state index in [9.17, 15) is 14.0 Å². The molecule has 136 valence electrons. The van der Waals surface area contributed by atoms with Gasteiger partial charge in [-0.1, -0.05) is 0 Å². The fourth-order valence-corrected chi connectivity index (χ4v) is 3.49. The Labute approximate surface area is 148 Å². The van der Waals surface area contributed by atoms with Crippen LogP contribution in [0.5, 0.6) is 0 Å². The third-order valence-electron chi connectivity index (χ3n) is 4.80. The van der Waals surface area contributed by atoms with Crippen molar-refractivity contribution in [3.8, 4) is 0 Å². The number of hydrogen-bond donors (Lipinski definition) is 1. The van der Waals surface area contributed by atoms with Crippen molar-refractivity contribution in [1.29, 1.82) is 0 Å². The zero-order chi connectivity index (χ0) is 18.5. The van der Waals surface area contributed by atoms with Gasteiger partial charge >= 0.3 is 17.8 Å². The van der Waals surface area contributed by atoms with Gasteiger partial charge in [-0.15, -0.1) is 0 Å². The Bertz CT molecular complexity index is 913. The van der Waals surface area contributed by atoms with Crippen molar-refractivity contribution >= 4 is 28.6 Å². The second kappa shape index (κ2) is 5.57. The predicted molar refractivity (Wildman–Crippen MR) is 89.7 cm³/mol. The average molecular weight is 360 g/mol. The van der Waals surface area contributed by atoms with E-state index in [4.69, 9.17) is 13.9 Å². The molecule has 1 aromatic carbocycles. The van der Waals surface area contributed by atoms with Gasteiger partial charge in [0.05, 0.1) is 12.0 Å². The molecule has 3 heterocycles. The number of piperazine rings is 1. The highest BCUT2D eigenvalue weighted by atomic mass is 19.1. The molecule has 1 aromatic heterocycles. The van der Waals surface area contributed by atoms with Crippen LogP contribution in [0.2, 0.25) is 0 Å². The number of benzene rings is 1. The molecule has 1 spiro atoms. The molecule has 2 aromatic rings. The van der Waals surface area contributed by atoms with Crippen molar-refractivity contribution in [2.45, 2.75) is 25.3 Å². The summed E-state index contributed by atoms with van der Waals surface area (Å²) in [6.45, 7) is 4.27. The van der Waals surface area contributed by atoms with Gasteiger partial charge in [0.1, 0.15) is 11.4 Å². The Hall–Kier alpha value is -2.87. The first-order valence-electron chi connectivity index (χ1n) is 8.16. The summed E-state index contributed by atoms with van der Waals surface area (Å²) in [5.41, 5.74) is -0.0723. The topological polar surface area (TPSA) is 81.0 Å². The third kappa shape index (κ3) is 2.37. The van der Waals surface area contributed by atoms with Gasteiger partial charge in [0.2, 0.25) is 0 Å². The smallest absolute Gasteiger partial charge is 0.342 e. The van der Waals surface area contributed by atoms with Crippen LogP contribution < -0.4 is 10.2 Å². The minimum absolute atomic E-state index is 0.336.